The maximum Gasteiger partial charge on any atom is 1.00 e. The first kappa shape index (κ1) is 22.5. The van der Waals surface area contributed by atoms with Gasteiger partial charge in [-0.15, -0.1) is 0 Å². The zero-order valence-electron chi connectivity index (χ0n) is 11.0. The van der Waals surface area contributed by atoms with Crippen LogP contribution in [0, 0.1) is 0 Å². The summed E-state index contributed by atoms with van der Waals surface area (Å²) in [5.41, 5.74) is 0. The minimum absolute atomic E-state index is 0. The van der Waals surface area contributed by atoms with E-state index in [-0.39, 0.29) is 80.9 Å². The predicted molar refractivity (Wildman–Crippen MR) is 63.3 cm³/mol. The zero-order valence-corrected chi connectivity index (χ0v) is 16.1. The van der Waals surface area contributed by atoms with Gasteiger partial charge in [-0.1, -0.05) is 64.7 Å². The van der Waals surface area contributed by atoms with Crippen LogP contribution in [-0.4, -0.2) is 35.8 Å². The monoisotopic (exact) mass is 245 g/mol. The molecule has 0 aliphatic carbocycles. The van der Waals surface area contributed by atoms with Crippen molar-refractivity contribution in [2.45, 2.75) is 71.1 Å². The van der Waals surface area contributed by atoms with E-state index >= 15 is 0 Å². The quantitative estimate of drug-likeness (QED) is 0.314. The predicted octanol–water partition coefficient (Wildman–Crippen LogP) is 0.640. The molecule has 0 aliphatic heterocycles. The summed E-state index contributed by atoms with van der Waals surface area (Å²) in [5, 5.41) is 0. The summed E-state index contributed by atoms with van der Waals surface area (Å²) in [7, 11) is 0. The fourth-order valence-electron chi connectivity index (χ4n) is 1.51. The van der Waals surface area contributed by atoms with Gasteiger partial charge in [-0.25, -0.2) is 0 Å². The van der Waals surface area contributed by atoms with E-state index in [1.807, 2.05) is 6.29 Å². The van der Waals surface area contributed by atoms with Gasteiger partial charge >= 0.3 is 51.4 Å². The molecule has 0 saturated heterocycles. The van der Waals surface area contributed by atoms with E-state index in [1.54, 1.807) is 0 Å². The van der Waals surface area contributed by atoms with Crippen LogP contribution in [0.25, 0.3) is 0 Å². The molecule has 0 heterocycles. The van der Waals surface area contributed by atoms with Crippen molar-refractivity contribution in [1.29, 1.82) is 0 Å². The van der Waals surface area contributed by atoms with E-state index in [1.165, 1.54) is 51.4 Å². The van der Waals surface area contributed by atoms with E-state index in [0.717, 1.165) is 6.42 Å². The third-order valence-electron chi connectivity index (χ3n) is 2.38. The molecule has 79 valence electrons. The van der Waals surface area contributed by atoms with Crippen LogP contribution in [0.4, 0.5) is 0 Å². The zero-order chi connectivity index (χ0) is 9.78. The Hall–Kier alpha value is 2.31. The van der Waals surface area contributed by atoms with Gasteiger partial charge in [0.2, 0.25) is 0 Å². The van der Waals surface area contributed by atoms with Gasteiger partial charge in [0.05, 0.1) is 0 Å². The van der Waals surface area contributed by atoms with Crippen LogP contribution < -0.4 is 51.4 Å². The molecular formula is C12H23KNaO. The first-order valence-corrected chi connectivity index (χ1v) is 5.76. The Morgan fingerprint density at radius 1 is 0.800 bits per heavy atom. The number of carbonyl (C=O) groups excluding carboxylic acids is 1. The van der Waals surface area contributed by atoms with Crippen LogP contribution in [0.3, 0.4) is 0 Å². The average molecular weight is 245 g/mol. The second-order valence-corrected chi connectivity index (χ2v) is 3.72. The first-order valence-electron chi connectivity index (χ1n) is 5.76. The van der Waals surface area contributed by atoms with Crippen molar-refractivity contribution in [3.05, 3.63) is 0 Å². The van der Waals surface area contributed by atoms with Crippen molar-refractivity contribution in [3.8, 4) is 0 Å². The Morgan fingerprint density at radius 2 is 1.20 bits per heavy atom. The SMILES string of the molecule is CCCCCCCCCCC[C-]=O.[K+].[Na]. The van der Waals surface area contributed by atoms with Crippen molar-refractivity contribution in [2.24, 2.45) is 0 Å². The normalized spacial score (nSPS) is 8.87. The van der Waals surface area contributed by atoms with E-state index < -0.39 is 0 Å². The van der Waals surface area contributed by atoms with Gasteiger partial charge in [0, 0.05) is 29.6 Å². The minimum atomic E-state index is 0. The van der Waals surface area contributed by atoms with Gasteiger partial charge in [-0.05, 0) is 0 Å². The molecule has 0 aliphatic rings. The van der Waals surface area contributed by atoms with Crippen molar-refractivity contribution in [2.75, 3.05) is 0 Å². The average Bonchev–Trinajstić information content (AvgIpc) is 2.16. The van der Waals surface area contributed by atoms with E-state index in [9.17, 15) is 4.79 Å². The Kier molecular flexibility index (Phi) is 32.3. The molecule has 15 heavy (non-hydrogen) atoms. The van der Waals surface area contributed by atoms with Crippen LogP contribution >= 0.6 is 0 Å². The summed E-state index contributed by atoms with van der Waals surface area (Å²) < 4.78 is 0. The molecule has 1 radical (unpaired) electrons. The molecular weight excluding hydrogens is 222 g/mol. The third kappa shape index (κ3) is 22.0. The maximum absolute atomic E-state index is 9.89. The second kappa shape index (κ2) is 21.6. The van der Waals surface area contributed by atoms with Gasteiger partial charge < -0.3 is 4.79 Å². The molecule has 0 fully saturated rings. The van der Waals surface area contributed by atoms with Gasteiger partial charge in [0.15, 0.2) is 0 Å². The fraction of sp³-hybridized carbons (Fsp3) is 0.917. The summed E-state index contributed by atoms with van der Waals surface area (Å²) in [6.45, 7) is 2.25. The summed E-state index contributed by atoms with van der Waals surface area (Å²) in [6, 6.07) is 0. The second-order valence-electron chi connectivity index (χ2n) is 3.72. The molecule has 0 amide bonds. The molecule has 0 aromatic rings. The van der Waals surface area contributed by atoms with Crippen molar-refractivity contribution in [3.63, 3.8) is 0 Å². The van der Waals surface area contributed by atoms with Crippen molar-refractivity contribution in [1.82, 2.24) is 0 Å². The smallest absolute Gasteiger partial charge is 0.542 e. The number of rotatable bonds is 10. The van der Waals surface area contributed by atoms with Crippen molar-refractivity contribution >= 4 is 35.8 Å². The van der Waals surface area contributed by atoms with Crippen molar-refractivity contribution < 1.29 is 56.2 Å². The van der Waals surface area contributed by atoms with Crippen LogP contribution in [0.5, 0.6) is 0 Å². The van der Waals surface area contributed by atoms with Crippen LogP contribution in [0.2, 0.25) is 0 Å². The Morgan fingerprint density at radius 3 is 1.60 bits per heavy atom. The van der Waals surface area contributed by atoms with Gasteiger partial charge in [0.1, 0.15) is 0 Å². The first-order chi connectivity index (χ1) is 6.41. The molecule has 0 aromatic carbocycles. The summed E-state index contributed by atoms with van der Waals surface area (Å²) in [5.74, 6) is 0. The molecule has 3 heteroatoms. The maximum atomic E-state index is 9.89. The molecule has 0 atom stereocenters. The summed E-state index contributed by atoms with van der Waals surface area (Å²) in [4.78, 5) is 9.89. The number of hydrogen-bond acceptors (Lipinski definition) is 1. The molecule has 0 bridgehead atoms. The van der Waals surface area contributed by atoms with Gasteiger partial charge in [0.25, 0.3) is 0 Å². The summed E-state index contributed by atoms with van der Waals surface area (Å²) >= 11 is 0. The van der Waals surface area contributed by atoms with E-state index in [2.05, 4.69) is 6.92 Å². The number of hydrogen-bond donors (Lipinski definition) is 0. The number of unbranched alkanes of at least 4 members (excludes halogenated alkanes) is 9. The standard InChI is InChI=1S/C12H23O.K.Na/c1-2-3-4-5-6-7-8-9-10-11-12-13;;/h2-11H2,1H3;;/q-1;+1;. The van der Waals surface area contributed by atoms with Gasteiger partial charge in [-0.2, -0.15) is 6.42 Å². The Balaban J connectivity index is -0.000000720. The van der Waals surface area contributed by atoms with Crippen LogP contribution in [0.15, 0.2) is 0 Å². The molecule has 0 unspecified atom stereocenters. The Labute approximate surface area is 160 Å². The fourth-order valence-corrected chi connectivity index (χ4v) is 1.51. The largest absolute Gasteiger partial charge is 1.00 e. The minimum Gasteiger partial charge on any atom is -0.542 e. The molecule has 0 N–H and O–H groups in total. The molecule has 0 aromatic heterocycles. The Bertz CT molecular complexity index is 110. The summed E-state index contributed by atoms with van der Waals surface area (Å²) in [6.07, 6.45) is 14.4. The van der Waals surface area contributed by atoms with Crippen LogP contribution in [0.1, 0.15) is 71.1 Å². The van der Waals surface area contributed by atoms with E-state index in [4.69, 9.17) is 0 Å². The van der Waals surface area contributed by atoms with Crippen LogP contribution in [-0.2, 0) is 4.79 Å². The molecule has 0 saturated carbocycles. The molecule has 1 nitrogen and oxygen atoms in total. The molecule has 0 spiro atoms. The topological polar surface area (TPSA) is 17.1 Å². The van der Waals surface area contributed by atoms with E-state index in [0.29, 0.717) is 6.42 Å². The molecule has 0 rings (SSSR count). The van der Waals surface area contributed by atoms with Gasteiger partial charge in [-0.3, -0.25) is 6.29 Å². The third-order valence-corrected chi connectivity index (χ3v) is 2.38.